The minimum Gasteiger partial charge on any atom is -0.355 e. The van der Waals surface area contributed by atoms with Crippen LogP contribution in [0.25, 0.3) is 0 Å². The third-order valence-corrected chi connectivity index (χ3v) is 3.54. The molecule has 1 N–H and O–H groups in total. The summed E-state index contributed by atoms with van der Waals surface area (Å²) < 4.78 is 13.7. The van der Waals surface area contributed by atoms with Crippen LogP contribution in [0, 0.1) is 19.5 Å². The van der Waals surface area contributed by atoms with Gasteiger partial charge in [0.2, 0.25) is 0 Å². The highest BCUT2D eigenvalue weighted by Crippen LogP contribution is 2.28. The van der Waals surface area contributed by atoms with Gasteiger partial charge in [-0.3, -0.25) is 10.1 Å². The summed E-state index contributed by atoms with van der Waals surface area (Å²) in [6.07, 6.45) is 0. The van der Waals surface area contributed by atoms with Crippen molar-refractivity contribution < 1.29 is 9.31 Å². The van der Waals surface area contributed by atoms with E-state index < -0.39 is 10.7 Å². The topological polar surface area (TPSA) is 55.2 Å². The predicted molar refractivity (Wildman–Crippen MR) is 80.5 cm³/mol. The quantitative estimate of drug-likeness (QED) is 0.466. The van der Waals surface area contributed by atoms with E-state index in [1.807, 2.05) is 22.6 Å². The lowest BCUT2D eigenvalue weighted by Crippen LogP contribution is -1.95. The fourth-order valence-corrected chi connectivity index (χ4v) is 2.26. The number of benzene rings is 2. The lowest BCUT2D eigenvalue weighted by Gasteiger charge is -2.09. The maximum atomic E-state index is 13.0. The predicted octanol–water partition coefficient (Wildman–Crippen LogP) is 4.74. The largest absolute Gasteiger partial charge is 0.355 e. The van der Waals surface area contributed by atoms with E-state index in [4.69, 9.17) is 11.6 Å². The Morgan fingerprint density at radius 1 is 1.26 bits per heavy atom. The third kappa shape index (κ3) is 3.32. The summed E-state index contributed by atoms with van der Waals surface area (Å²) in [5.74, 6) is -0.495. The molecule has 19 heavy (non-hydrogen) atoms. The van der Waals surface area contributed by atoms with Crippen LogP contribution in [0.4, 0.5) is 21.5 Å². The molecule has 7 heteroatoms. The van der Waals surface area contributed by atoms with E-state index in [9.17, 15) is 14.5 Å². The molecule has 0 aliphatic rings. The molecule has 0 amide bonds. The zero-order valence-corrected chi connectivity index (χ0v) is 12.3. The van der Waals surface area contributed by atoms with Crippen molar-refractivity contribution in [3.8, 4) is 0 Å². The van der Waals surface area contributed by atoms with Crippen LogP contribution in [-0.2, 0) is 0 Å². The van der Waals surface area contributed by atoms with E-state index in [1.54, 1.807) is 12.1 Å². The molecule has 0 unspecified atom stereocenters. The van der Waals surface area contributed by atoms with Gasteiger partial charge < -0.3 is 5.32 Å². The van der Waals surface area contributed by atoms with Crippen molar-refractivity contribution in [2.75, 3.05) is 5.32 Å². The van der Waals surface area contributed by atoms with Crippen molar-refractivity contribution in [1.82, 2.24) is 0 Å². The van der Waals surface area contributed by atoms with E-state index in [0.29, 0.717) is 14.9 Å². The van der Waals surface area contributed by atoms with Crippen LogP contribution in [0.5, 0.6) is 0 Å². The summed E-state index contributed by atoms with van der Waals surface area (Å²) in [6, 6.07) is 8.69. The molecule has 2 aromatic rings. The first-order valence-corrected chi connectivity index (χ1v) is 6.59. The van der Waals surface area contributed by atoms with Crippen molar-refractivity contribution >= 4 is 51.3 Å². The first kappa shape index (κ1) is 14.0. The number of hydrogen-bond donors (Lipinski definition) is 1. The molecular weight excluding hydrogens is 385 g/mol. The summed E-state index contributed by atoms with van der Waals surface area (Å²) in [4.78, 5) is 10.2. The van der Waals surface area contributed by atoms with Crippen molar-refractivity contribution in [1.29, 1.82) is 0 Å². The van der Waals surface area contributed by atoms with Crippen LogP contribution < -0.4 is 5.32 Å². The van der Waals surface area contributed by atoms with E-state index in [2.05, 4.69) is 5.32 Å². The van der Waals surface area contributed by atoms with E-state index in [1.165, 1.54) is 24.3 Å². The Morgan fingerprint density at radius 2 is 2.00 bits per heavy atom. The molecule has 0 saturated carbocycles. The fraction of sp³-hybridized carbons (Fsp3) is 0. The Labute approximate surface area is 126 Å². The van der Waals surface area contributed by atoms with Crippen molar-refractivity contribution in [3.05, 3.63) is 60.9 Å². The second kappa shape index (κ2) is 5.70. The van der Waals surface area contributed by atoms with Gasteiger partial charge in [0, 0.05) is 21.4 Å². The normalized spacial score (nSPS) is 10.3. The molecule has 98 valence electrons. The molecule has 0 aliphatic heterocycles. The molecule has 0 atom stereocenters. The van der Waals surface area contributed by atoms with E-state index in [0.717, 1.165) is 0 Å². The Morgan fingerprint density at radius 3 is 2.58 bits per heavy atom. The number of rotatable bonds is 3. The van der Waals surface area contributed by atoms with Crippen LogP contribution in [0.2, 0.25) is 5.02 Å². The van der Waals surface area contributed by atoms with Gasteiger partial charge in [-0.1, -0.05) is 11.6 Å². The molecular formula is C12H7ClFIN2O2. The highest BCUT2D eigenvalue weighted by molar-refractivity contribution is 14.1. The standard InChI is InChI=1S/C12H7ClFIN2O2/c13-9-5-7(1-3-10(9)14)16-12-4-2-8(17(18)19)6-11(12)15/h1-6,16H. The van der Waals surface area contributed by atoms with Gasteiger partial charge in [-0.2, -0.15) is 0 Å². The number of hydrogen-bond acceptors (Lipinski definition) is 3. The van der Waals surface area contributed by atoms with Crippen LogP contribution in [-0.4, -0.2) is 4.92 Å². The number of halogens is 3. The second-order valence-electron chi connectivity index (χ2n) is 3.68. The lowest BCUT2D eigenvalue weighted by atomic mass is 10.2. The summed E-state index contributed by atoms with van der Waals surface area (Å²) in [6.45, 7) is 0. The smallest absolute Gasteiger partial charge is 0.270 e. The van der Waals surface area contributed by atoms with Crippen LogP contribution in [0.3, 0.4) is 0 Å². The van der Waals surface area contributed by atoms with Crippen LogP contribution >= 0.6 is 34.2 Å². The van der Waals surface area contributed by atoms with Crippen molar-refractivity contribution in [2.45, 2.75) is 0 Å². The van der Waals surface area contributed by atoms with Gasteiger partial charge in [0.05, 0.1) is 15.6 Å². The molecule has 0 aromatic heterocycles. The maximum Gasteiger partial charge on any atom is 0.270 e. The minimum absolute atomic E-state index is 0.0157. The zero-order chi connectivity index (χ0) is 14.0. The summed E-state index contributed by atoms with van der Waals surface area (Å²) in [7, 11) is 0. The van der Waals surface area contributed by atoms with Crippen LogP contribution in [0.15, 0.2) is 36.4 Å². The Bertz CT molecular complexity index is 652. The van der Waals surface area contributed by atoms with Gasteiger partial charge in [-0.05, 0) is 46.9 Å². The summed E-state index contributed by atoms with van der Waals surface area (Å²) in [5, 5.41) is 13.7. The number of nitro groups is 1. The average Bonchev–Trinajstić information content (AvgIpc) is 2.36. The Hall–Kier alpha value is -1.41. The van der Waals surface area contributed by atoms with E-state index in [-0.39, 0.29) is 10.7 Å². The van der Waals surface area contributed by atoms with E-state index >= 15 is 0 Å². The number of nitrogens with zero attached hydrogens (tertiary/aromatic N) is 1. The lowest BCUT2D eigenvalue weighted by molar-refractivity contribution is -0.384. The highest BCUT2D eigenvalue weighted by Gasteiger charge is 2.09. The van der Waals surface area contributed by atoms with Crippen LogP contribution in [0.1, 0.15) is 0 Å². The summed E-state index contributed by atoms with van der Waals surface area (Å²) in [5.41, 5.74) is 1.32. The first-order chi connectivity index (χ1) is 8.97. The second-order valence-corrected chi connectivity index (χ2v) is 5.24. The van der Waals surface area contributed by atoms with Gasteiger partial charge in [-0.15, -0.1) is 0 Å². The van der Waals surface area contributed by atoms with Gasteiger partial charge >= 0.3 is 0 Å². The minimum atomic E-state index is -0.495. The molecule has 4 nitrogen and oxygen atoms in total. The molecule has 0 saturated heterocycles. The van der Waals surface area contributed by atoms with Gasteiger partial charge in [0.25, 0.3) is 5.69 Å². The number of anilines is 2. The number of nitro benzene ring substituents is 1. The van der Waals surface area contributed by atoms with Gasteiger partial charge in [-0.25, -0.2) is 4.39 Å². The first-order valence-electron chi connectivity index (χ1n) is 5.13. The molecule has 2 aromatic carbocycles. The monoisotopic (exact) mass is 392 g/mol. The number of nitrogens with one attached hydrogen (secondary N) is 1. The Kier molecular flexibility index (Phi) is 4.20. The zero-order valence-electron chi connectivity index (χ0n) is 9.36. The summed E-state index contributed by atoms with van der Waals surface area (Å²) >= 11 is 7.67. The molecule has 0 heterocycles. The molecule has 2 rings (SSSR count). The molecule has 0 radical (unpaired) electrons. The molecule has 0 bridgehead atoms. The molecule has 0 fully saturated rings. The molecule has 0 aliphatic carbocycles. The van der Waals surface area contributed by atoms with Crippen molar-refractivity contribution in [2.24, 2.45) is 0 Å². The third-order valence-electron chi connectivity index (χ3n) is 2.36. The van der Waals surface area contributed by atoms with Gasteiger partial charge in [0.15, 0.2) is 0 Å². The van der Waals surface area contributed by atoms with Gasteiger partial charge in [0.1, 0.15) is 5.82 Å². The van der Waals surface area contributed by atoms with Crippen molar-refractivity contribution in [3.63, 3.8) is 0 Å². The Balaban J connectivity index is 2.28. The maximum absolute atomic E-state index is 13.0. The number of non-ortho nitro benzene ring substituents is 1. The fourth-order valence-electron chi connectivity index (χ4n) is 1.45. The molecule has 0 spiro atoms. The SMILES string of the molecule is O=[N+]([O-])c1ccc(Nc2ccc(F)c(Cl)c2)c(I)c1. The average molecular weight is 393 g/mol. The highest BCUT2D eigenvalue weighted by atomic mass is 127.